The largest absolute Gasteiger partial charge is 0.365 e. The Labute approximate surface area is 166 Å². The van der Waals surface area contributed by atoms with Crippen LogP contribution in [0.2, 0.25) is 0 Å². The van der Waals surface area contributed by atoms with Crippen molar-refractivity contribution in [2.24, 2.45) is 0 Å². The lowest BCUT2D eigenvalue weighted by molar-refractivity contribution is 0.102. The Morgan fingerprint density at radius 3 is 2.18 bits per heavy atom. The lowest BCUT2D eigenvalue weighted by Gasteiger charge is -2.19. The lowest BCUT2D eigenvalue weighted by Crippen LogP contribution is -2.15. The van der Waals surface area contributed by atoms with Crippen LogP contribution in [-0.2, 0) is 12.0 Å². The second kappa shape index (κ2) is 8.21. The second-order valence-corrected chi connectivity index (χ2v) is 7.91. The van der Waals surface area contributed by atoms with Crippen molar-refractivity contribution in [3.8, 4) is 0 Å². The minimum absolute atomic E-state index is 0.0788. The molecule has 3 aromatic rings. The van der Waals surface area contributed by atoms with Gasteiger partial charge in [-0.05, 0) is 35.6 Å². The number of nitrogens with one attached hydrogen (secondary N) is 2. The summed E-state index contributed by atoms with van der Waals surface area (Å²) in [4.78, 5) is 20.9. The van der Waals surface area contributed by atoms with Gasteiger partial charge < -0.3 is 10.6 Å². The summed E-state index contributed by atoms with van der Waals surface area (Å²) in [6.45, 7) is 9.19. The Kier molecular flexibility index (Phi) is 5.73. The van der Waals surface area contributed by atoms with Gasteiger partial charge in [0.05, 0.1) is 12.4 Å². The van der Waals surface area contributed by atoms with Crippen LogP contribution in [0.15, 0.2) is 60.9 Å². The molecule has 1 aromatic heterocycles. The second-order valence-electron chi connectivity index (χ2n) is 7.91. The first-order valence-corrected chi connectivity index (χ1v) is 9.34. The van der Waals surface area contributed by atoms with Crippen molar-refractivity contribution in [1.82, 2.24) is 9.97 Å². The molecular weight excluding hydrogens is 348 g/mol. The van der Waals surface area contributed by atoms with E-state index in [0.717, 1.165) is 11.3 Å². The molecule has 2 aromatic carbocycles. The fourth-order valence-electron chi connectivity index (χ4n) is 2.68. The zero-order chi connectivity index (χ0) is 20.1. The van der Waals surface area contributed by atoms with Crippen LogP contribution in [-0.4, -0.2) is 15.9 Å². The average molecular weight is 374 g/mol. The van der Waals surface area contributed by atoms with E-state index in [1.807, 2.05) is 24.3 Å². The third-order valence-corrected chi connectivity index (χ3v) is 4.49. The monoisotopic (exact) mass is 374 g/mol. The molecule has 0 atom stereocenters. The Hall–Kier alpha value is -3.21. The summed E-state index contributed by atoms with van der Waals surface area (Å²) in [7, 11) is 0. The summed E-state index contributed by atoms with van der Waals surface area (Å²) < 4.78 is 0. The van der Waals surface area contributed by atoms with Gasteiger partial charge in [-0.15, -0.1) is 0 Å². The van der Waals surface area contributed by atoms with Gasteiger partial charge in [0.2, 0.25) is 0 Å². The van der Waals surface area contributed by atoms with Crippen LogP contribution in [0.25, 0.3) is 0 Å². The van der Waals surface area contributed by atoms with Crippen LogP contribution < -0.4 is 10.6 Å². The molecule has 3 rings (SSSR count). The zero-order valence-electron chi connectivity index (χ0n) is 16.8. The van der Waals surface area contributed by atoms with Gasteiger partial charge >= 0.3 is 0 Å². The van der Waals surface area contributed by atoms with E-state index in [1.165, 1.54) is 17.3 Å². The van der Waals surface area contributed by atoms with Crippen LogP contribution in [0.5, 0.6) is 0 Å². The minimum Gasteiger partial charge on any atom is -0.365 e. The van der Waals surface area contributed by atoms with Crippen molar-refractivity contribution in [1.29, 1.82) is 0 Å². The molecule has 28 heavy (non-hydrogen) atoms. The summed E-state index contributed by atoms with van der Waals surface area (Å²) in [5, 5.41) is 6.07. The number of aryl methyl sites for hydroxylation is 1. The summed E-state index contributed by atoms with van der Waals surface area (Å²) >= 11 is 0. The number of nitrogens with zero attached hydrogens (tertiary/aromatic N) is 2. The number of aromatic nitrogens is 2. The Morgan fingerprint density at radius 1 is 0.929 bits per heavy atom. The van der Waals surface area contributed by atoms with E-state index in [-0.39, 0.29) is 17.0 Å². The normalized spacial score (nSPS) is 11.1. The molecule has 0 fully saturated rings. The first-order valence-electron chi connectivity index (χ1n) is 9.34. The standard InChI is InChI=1S/C23H26N4O/c1-16-5-7-17(8-6-16)13-25-21-15-24-20(14-26-21)22(28)27-19-11-9-18(10-12-19)23(2,3)4/h5-12,14-15H,13H2,1-4H3,(H,25,26)(H,27,28). The smallest absolute Gasteiger partial charge is 0.275 e. The molecule has 1 heterocycles. The van der Waals surface area contributed by atoms with E-state index in [0.29, 0.717) is 12.4 Å². The highest BCUT2D eigenvalue weighted by Gasteiger charge is 2.14. The minimum atomic E-state index is -0.277. The number of benzene rings is 2. The van der Waals surface area contributed by atoms with Gasteiger partial charge in [-0.1, -0.05) is 62.7 Å². The van der Waals surface area contributed by atoms with Gasteiger partial charge in [0.1, 0.15) is 11.5 Å². The van der Waals surface area contributed by atoms with Gasteiger partial charge in [-0.3, -0.25) is 4.79 Å². The van der Waals surface area contributed by atoms with Crippen molar-refractivity contribution in [3.63, 3.8) is 0 Å². The average Bonchev–Trinajstić information content (AvgIpc) is 2.67. The number of anilines is 2. The molecule has 144 valence electrons. The molecule has 2 N–H and O–H groups in total. The van der Waals surface area contributed by atoms with Crippen LogP contribution in [0.3, 0.4) is 0 Å². The molecule has 5 nitrogen and oxygen atoms in total. The zero-order valence-corrected chi connectivity index (χ0v) is 16.8. The maximum Gasteiger partial charge on any atom is 0.275 e. The quantitative estimate of drug-likeness (QED) is 0.663. The molecule has 0 saturated carbocycles. The van der Waals surface area contributed by atoms with E-state index in [4.69, 9.17) is 0 Å². The number of amides is 1. The molecule has 0 aliphatic rings. The summed E-state index contributed by atoms with van der Waals surface area (Å²) in [5.74, 6) is 0.354. The maximum atomic E-state index is 12.4. The molecule has 0 bridgehead atoms. The van der Waals surface area contributed by atoms with Gasteiger partial charge in [-0.25, -0.2) is 9.97 Å². The lowest BCUT2D eigenvalue weighted by atomic mass is 9.87. The van der Waals surface area contributed by atoms with E-state index in [9.17, 15) is 4.79 Å². The molecule has 0 aliphatic carbocycles. The summed E-state index contributed by atoms with van der Waals surface area (Å²) in [6, 6.07) is 16.2. The van der Waals surface area contributed by atoms with Gasteiger partial charge in [-0.2, -0.15) is 0 Å². The van der Waals surface area contributed by atoms with Crippen LogP contribution in [0, 0.1) is 6.92 Å². The molecular formula is C23H26N4O. The highest BCUT2D eigenvalue weighted by Crippen LogP contribution is 2.23. The SMILES string of the molecule is Cc1ccc(CNc2cnc(C(=O)Nc3ccc(C(C)(C)C)cc3)cn2)cc1. The summed E-state index contributed by atoms with van der Waals surface area (Å²) in [6.07, 6.45) is 3.06. The fourth-order valence-corrected chi connectivity index (χ4v) is 2.68. The number of carbonyl (C=O) groups is 1. The van der Waals surface area contributed by atoms with Gasteiger partial charge in [0.25, 0.3) is 5.91 Å². The van der Waals surface area contributed by atoms with E-state index in [1.54, 1.807) is 6.20 Å². The number of carbonyl (C=O) groups excluding carboxylic acids is 1. The summed E-state index contributed by atoms with van der Waals surface area (Å²) in [5.41, 5.74) is 4.70. The van der Waals surface area contributed by atoms with Crippen molar-refractivity contribution in [2.45, 2.75) is 39.7 Å². The van der Waals surface area contributed by atoms with Crippen LogP contribution in [0.4, 0.5) is 11.5 Å². The van der Waals surface area contributed by atoms with E-state index < -0.39 is 0 Å². The first kappa shape index (κ1) is 19.5. The van der Waals surface area contributed by atoms with Crippen LogP contribution >= 0.6 is 0 Å². The molecule has 1 amide bonds. The van der Waals surface area contributed by atoms with Gasteiger partial charge in [0.15, 0.2) is 0 Å². The molecule has 0 aliphatic heterocycles. The van der Waals surface area contributed by atoms with Crippen LogP contribution in [0.1, 0.15) is 48.0 Å². The van der Waals surface area contributed by atoms with Crippen molar-refractivity contribution in [3.05, 3.63) is 83.3 Å². The molecule has 0 saturated heterocycles. The first-order chi connectivity index (χ1) is 13.3. The molecule has 0 spiro atoms. The topological polar surface area (TPSA) is 66.9 Å². The van der Waals surface area contributed by atoms with Gasteiger partial charge in [0, 0.05) is 12.2 Å². The van der Waals surface area contributed by atoms with Crippen molar-refractivity contribution >= 4 is 17.4 Å². The van der Waals surface area contributed by atoms with E-state index in [2.05, 4.69) is 72.6 Å². The maximum absolute atomic E-state index is 12.4. The highest BCUT2D eigenvalue weighted by atomic mass is 16.1. The molecule has 5 heteroatoms. The number of hydrogen-bond donors (Lipinski definition) is 2. The molecule has 0 radical (unpaired) electrons. The van der Waals surface area contributed by atoms with E-state index >= 15 is 0 Å². The predicted octanol–water partition coefficient (Wildman–Crippen LogP) is 4.95. The number of hydrogen-bond acceptors (Lipinski definition) is 4. The Balaban J connectivity index is 1.58. The third kappa shape index (κ3) is 5.16. The number of rotatable bonds is 5. The van der Waals surface area contributed by atoms with Crippen molar-refractivity contribution < 1.29 is 4.79 Å². The predicted molar refractivity (Wildman–Crippen MR) is 114 cm³/mol. The fraction of sp³-hybridized carbons (Fsp3) is 0.261. The third-order valence-electron chi connectivity index (χ3n) is 4.49. The molecule has 0 unspecified atom stereocenters. The van der Waals surface area contributed by atoms with Crippen molar-refractivity contribution in [2.75, 3.05) is 10.6 Å². The highest BCUT2D eigenvalue weighted by molar-refractivity contribution is 6.02. The Morgan fingerprint density at radius 2 is 1.61 bits per heavy atom. The Bertz CT molecular complexity index is 924.